The molecule has 0 spiro atoms. The van der Waals surface area contributed by atoms with Gasteiger partial charge in [0.1, 0.15) is 0 Å². The average Bonchev–Trinajstić information content (AvgIpc) is 2.30. The van der Waals surface area contributed by atoms with E-state index < -0.39 is 0 Å². The van der Waals surface area contributed by atoms with Gasteiger partial charge in [-0.3, -0.25) is 0 Å². The van der Waals surface area contributed by atoms with E-state index in [2.05, 4.69) is 43.0 Å². The summed E-state index contributed by atoms with van der Waals surface area (Å²) in [4.78, 5) is 2.30. The van der Waals surface area contributed by atoms with E-state index in [0.717, 1.165) is 18.7 Å². The van der Waals surface area contributed by atoms with Gasteiger partial charge in [0.2, 0.25) is 0 Å². The summed E-state index contributed by atoms with van der Waals surface area (Å²) in [6, 6.07) is 8.29. The number of hydrogen-bond acceptors (Lipinski definition) is 3. The van der Waals surface area contributed by atoms with Crippen molar-refractivity contribution in [1.82, 2.24) is 0 Å². The topological polar surface area (TPSA) is 55.3 Å². The molecule has 3 heteroatoms. The van der Waals surface area contributed by atoms with E-state index in [0.29, 0.717) is 6.54 Å². The Morgan fingerprint density at radius 3 is 2.07 bits per heavy atom. The van der Waals surface area contributed by atoms with Crippen molar-refractivity contribution >= 4 is 5.69 Å². The molecule has 0 bridgehead atoms. The zero-order valence-electron chi connectivity index (χ0n) is 9.61. The van der Waals surface area contributed by atoms with Crippen LogP contribution in [0.25, 0.3) is 0 Å². The van der Waals surface area contributed by atoms with Gasteiger partial charge in [-0.15, -0.1) is 0 Å². The lowest BCUT2D eigenvalue weighted by molar-refractivity contribution is 0.736. The maximum Gasteiger partial charge on any atom is 0.0419 e. The van der Waals surface area contributed by atoms with Crippen LogP contribution in [-0.2, 0) is 0 Å². The number of nitrogens with two attached hydrogens (primary N) is 2. The van der Waals surface area contributed by atoms with Gasteiger partial charge in [0.25, 0.3) is 0 Å². The summed E-state index contributed by atoms with van der Waals surface area (Å²) in [5.74, 6) is 0. The zero-order chi connectivity index (χ0) is 11.3. The maximum atomic E-state index is 5.85. The van der Waals surface area contributed by atoms with Crippen LogP contribution in [0, 0.1) is 0 Å². The molecule has 0 aliphatic carbocycles. The Morgan fingerprint density at radius 1 is 1.13 bits per heavy atom. The molecule has 3 nitrogen and oxygen atoms in total. The first-order valence-corrected chi connectivity index (χ1v) is 5.53. The SMILES string of the molecule is CCN(CC)c1ccc([C@H](N)CN)cc1. The van der Waals surface area contributed by atoms with E-state index >= 15 is 0 Å². The summed E-state index contributed by atoms with van der Waals surface area (Å²) >= 11 is 0. The highest BCUT2D eigenvalue weighted by molar-refractivity contribution is 5.47. The number of hydrogen-bond donors (Lipinski definition) is 2. The Hall–Kier alpha value is -1.06. The predicted molar refractivity (Wildman–Crippen MR) is 66.0 cm³/mol. The molecule has 0 fully saturated rings. The van der Waals surface area contributed by atoms with Crippen LogP contribution in [0.1, 0.15) is 25.5 Å². The van der Waals surface area contributed by atoms with Crippen LogP contribution in [0.5, 0.6) is 0 Å². The molecule has 1 aromatic rings. The maximum absolute atomic E-state index is 5.85. The van der Waals surface area contributed by atoms with Crippen LogP contribution in [0.2, 0.25) is 0 Å². The Balaban J connectivity index is 2.79. The molecule has 1 aromatic carbocycles. The standard InChI is InChI=1S/C12H21N3/c1-3-15(4-2)11-7-5-10(6-8-11)12(14)9-13/h5-8,12H,3-4,9,13-14H2,1-2H3/t12-/m1/s1. The average molecular weight is 207 g/mol. The molecule has 0 amide bonds. The van der Waals surface area contributed by atoms with Crippen molar-refractivity contribution in [3.8, 4) is 0 Å². The monoisotopic (exact) mass is 207 g/mol. The Bertz CT molecular complexity index is 277. The Kier molecular flexibility index (Phi) is 4.59. The third kappa shape index (κ3) is 2.94. The summed E-state index contributed by atoms with van der Waals surface area (Å²) in [7, 11) is 0. The number of benzene rings is 1. The van der Waals surface area contributed by atoms with Gasteiger partial charge in [0, 0.05) is 31.4 Å². The second-order valence-electron chi connectivity index (χ2n) is 3.61. The minimum absolute atomic E-state index is 0.0456. The molecule has 0 saturated heterocycles. The molecule has 1 atom stereocenters. The second kappa shape index (κ2) is 5.73. The van der Waals surface area contributed by atoms with Crippen LogP contribution in [0.4, 0.5) is 5.69 Å². The summed E-state index contributed by atoms with van der Waals surface area (Å²) in [6.45, 7) is 6.86. The van der Waals surface area contributed by atoms with E-state index in [-0.39, 0.29) is 6.04 Å². The van der Waals surface area contributed by atoms with Crippen LogP contribution >= 0.6 is 0 Å². The van der Waals surface area contributed by atoms with Crippen LogP contribution in [0.3, 0.4) is 0 Å². The number of anilines is 1. The lowest BCUT2D eigenvalue weighted by Crippen LogP contribution is -2.23. The van der Waals surface area contributed by atoms with Crippen molar-refractivity contribution in [2.75, 3.05) is 24.5 Å². The third-order valence-corrected chi connectivity index (χ3v) is 2.70. The fraction of sp³-hybridized carbons (Fsp3) is 0.500. The van der Waals surface area contributed by atoms with Crippen LogP contribution < -0.4 is 16.4 Å². The molecular weight excluding hydrogens is 186 g/mol. The fourth-order valence-electron chi connectivity index (χ4n) is 1.66. The minimum atomic E-state index is -0.0456. The number of rotatable bonds is 5. The zero-order valence-corrected chi connectivity index (χ0v) is 9.61. The highest BCUT2D eigenvalue weighted by Crippen LogP contribution is 2.17. The number of nitrogens with zero attached hydrogens (tertiary/aromatic N) is 1. The van der Waals surface area contributed by atoms with Crippen molar-refractivity contribution in [2.24, 2.45) is 11.5 Å². The van der Waals surface area contributed by atoms with Gasteiger partial charge in [-0.2, -0.15) is 0 Å². The first-order valence-electron chi connectivity index (χ1n) is 5.53. The van der Waals surface area contributed by atoms with Crippen LogP contribution in [-0.4, -0.2) is 19.6 Å². The first-order chi connectivity index (χ1) is 7.22. The molecule has 15 heavy (non-hydrogen) atoms. The van der Waals surface area contributed by atoms with Gasteiger partial charge in [0.05, 0.1) is 0 Å². The van der Waals surface area contributed by atoms with Gasteiger partial charge in [-0.05, 0) is 31.5 Å². The fourth-order valence-corrected chi connectivity index (χ4v) is 1.66. The normalized spacial score (nSPS) is 12.5. The summed E-state index contributed by atoms with van der Waals surface area (Å²) in [5, 5.41) is 0. The van der Waals surface area contributed by atoms with Crippen molar-refractivity contribution in [3.63, 3.8) is 0 Å². The summed E-state index contributed by atoms with van der Waals surface area (Å²) in [5.41, 5.74) is 13.7. The predicted octanol–water partition coefficient (Wildman–Crippen LogP) is 1.49. The van der Waals surface area contributed by atoms with Crippen molar-refractivity contribution < 1.29 is 0 Å². The highest BCUT2D eigenvalue weighted by atomic mass is 15.1. The second-order valence-corrected chi connectivity index (χ2v) is 3.61. The lowest BCUT2D eigenvalue weighted by atomic mass is 10.1. The Labute approximate surface area is 92.1 Å². The molecule has 0 saturated carbocycles. The van der Waals surface area contributed by atoms with Gasteiger partial charge < -0.3 is 16.4 Å². The third-order valence-electron chi connectivity index (χ3n) is 2.70. The van der Waals surface area contributed by atoms with Crippen molar-refractivity contribution in [2.45, 2.75) is 19.9 Å². The minimum Gasteiger partial charge on any atom is -0.372 e. The van der Waals surface area contributed by atoms with Crippen LogP contribution in [0.15, 0.2) is 24.3 Å². The van der Waals surface area contributed by atoms with E-state index in [1.54, 1.807) is 0 Å². The Morgan fingerprint density at radius 2 is 1.67 bits per heavy atom. The van der Waals surface area contributed by atoms with Crippen molar-refractivity contribution in [3.05, 3.63) is 29.8 Å². The van der Waals surface area contributed by atoms with Gasteiger partial charge in [-0.25, -0.2) is 0 Å². The molecule has 4 N–H and O–H groups in total. The molecule has 0 radical (unpaired) electrons. The molecule has 0 unspecified atom stereocenters. The molecule has 1 rings (SSSR count). The van der Waals surface area contributed by atoms with Crippen molar-refractivity contribution in [1.29, 1.82) is 0 Å². The van der Waals surface area contributed by atoms with Gasteiger partial charge in [-0.1, -0.05) is 12.1 Å². The van der Waals surface area contributed by atoms with Gasteiger partial charge in [0.15, 0.2) is 0 Å². The largest absolute Gasteiger partial charge is 0.372 e. The van der Waals surface area contributed by atoms with E-state index in [4.69, 9.17) is 11.5 Å². The molecule has 0 aliphatic heterocycles. The van der Waals surface area contributed by atoms with E-state index in [1.165, 1.54) is 5.69 Å². The lowest BCUT2D eigenvalue weighted by Gasteiger charge is -2.21. The highest BCUT2D eigenvalue weighted by Gasteiger charge is 2.05. The molecule has 0 heterocycles. The summed E-state index contributed by atoms with van der Waals surface area (Å²) in [6.07, 6.45) is 0. The summed E-state index contributed by atoms with van der Waals surface area (Å²) < 4.78 is 0. The molecule has 0 aliphatic rings. The van der Waals surface area contributed by atoms with Gasteiger partial charge >= 0.3 is 0 Å². The first kappa shape index (κ1) is 12.0. The molecule has 84 valence electrons. The molecule has 0 aromatic heterocycles. The van der Waals surface area contributed by atoms with E-state index in [9.17, 15) is 0 Å². The molecular formula is C12H21N3. The quantitative estimate of drug-likeness (QED) is 0.769. The smallest absolute Gasteiger partial charge is 0.0419 e. The van der Waals surface area contributed by atoms with E-state index in [1.807, 2.05) is 0 Å².